The maximum absolute atomic E-state index is 13.2. The molecule has 0 fully saturated rings. The van der Waals surface area contributed by atoms with Gasteiger partial charge in [-0.15, -0.1) is 0 Å². The number of aryl methyl sites for hydroxylation is 1. The number of hydrogen-bond donors (Lipinski definition) is 2. The third kappa shape index (κ3) is 5.81. The summed E-state index contributed by atoms with van der Waals surface area (Å²) < 4.78 is 18.7. The molecule has 0 aromatic heterocycles. The summed E-state index contributed by atoms with van der Waals surface area (Å²) in [5.41, 5.74) is 0.179. The first kappa shape index (κ1) is 18.1. The molecule has 1 rings (SSSR count). The van der Waals surface area contributed by atoms with Crippen LogP contribution in [0.5, 0.6) is 0 Å². The Balaban J connectivity index is 2.68. The molecule has 5 nitrogen and oxygen atoms in total. The number of hydrogen-bond acceptors (Lipinski definition) is 3. The maximum Gasteiger partial charge on any atom is 0.326 e. The Kier molecular flexibility index (Phi) is 6.05. The second kappa shape index (κ2) is 7.35. The summed E-state index contributed by atoms with van der Waals surface area (Å²) >= 11 is 0. The third-order valence-electron chi connectivity index (χ3n) is 2.97. The van der Waals surface area contributed by atoms with Crippen LogP contribution in [0.4, 0.5) is 4.39 Å². The number of benzene rings is 1. The summed E-state index contributed by atoms with van der Waals surface area (Å²) in [5, 5.41) is 11.6. The molecule has 1 aromatic rings. The summed E-state index contributed by atoms with van der Waals surface area (Å²) in [7, 11) is 0. The number of nitrogens with one attached hydrogen (secondary N) is 1. The molecular weight excluding hydrogens is 289 g/mol. The van der Waals surface area contributed by atoms with Crippen LogP contribution in [-0.2, 0) is 9.53 Å². The van der Waals surface area contributed by atoms with Crippen molar-refractivity contribution < 1.29 is 23.8 Å². The Morgan fingerprint density at radius 2 is 2.00 bits per heavy atom. The fourth-order valence-electron chi connectivity index (χ4n) is 1.77. The molecule has 0 saturated carbocycles. The van der Waals surface area contributed by atoms with E-state index in [0.717, 1.165) is 0 Å². The first-order valence-corrected chi connectivity index (χ1v) is 7.04. The number of aliphatic carboxylic acids is 1. The van der Waals surface area contributed by atoms with Crippen molar-refractivity contribution in [3.8, 4) is 0 Å². The van der Waals surface area contributed by atoms with Crippen LogP contribution in [0.3, 0.4) is 0 Å². The molecule has 0 aliphatic rings. The molecule has 1 atom stereocenters. The fourth-order valence-corrected chi connectivity index (χ4v) is 1.77. The van der Waals surface area contributed by atoms with Crippen LogP contribution in [0.2, 0.25) is 0 Å². The van der Waals surface area contributed by atoms with Crippen molar-refractivity contribution >= 4 is 11.9 Å². The van der Waals surface area contributed by atoms with Gasteiger partial charge in [0.05, 0.1) is 5.60 Å². The summed E-state index contributed by atoms with van der Waals surface area (Å²) in [6, 6.07) is 2.83. The summed E-state index contributed by atoms with van der Waals surface area (Å²) in [6.07, 6.45) is 0.151. The van der Waals surface area contributed by atoms with Crippen LogP contribution in [0, 0.1) is 12.7 Å². The van der Waals surface area contributed by atoms with Crippen LogP contribution in [0.15, 0.2) is 18.2 Å². The van der Waals surface area contributed by atoms with Crippen molar-refractivity contribution in [2.45, 2.75) is 45.8 Å². The Morgan fingerprint density at radius 3 is 2.50 bits per heavy atom. The highest BCUT2D eigenvalue weighted by Crippen LogP contribution is 2.11. The Morgan fingerprint density at radius 1 is 1.36 bits per heavy atom. The van der Waals surface area contributed by atoms with E-state index in [4.69, 9.17) is 9.84 Å². The zero-order valence-corrected chi connectivity index (χ0v) is 13.3. The molecule has 1 amide bonds. The first-order valence-electron chi connectivity index (χ1n) is 7.04. The van der Waals surface area contributed by atoms with Crippen LogP contribution in [0.1, 0.15) is 43.1 Å². The van der Waals surface area contributed by atoms with E-state index in [1.807, 2.05) is 20.8 Å². The predicted octanol–water partition coefficient (Wildman–Crippen LogP) is 2.52. The van der Waals surface area contributed by atoms with Gasteiger partial charge in [0.15, 0.2) is 0 Å². The molecule has 0 bridgehead atoms. The molecule has 6 heteroatoms. The highest BCUT2D eigenvalue weighted by Gasteiger charge is 2.22. The number of carboxylic acids is 1. The van der Waals surface area contributed by atoms with Crippen LogP contribution >= 0.6 is 0 Å². The maximum atomic E-state index is 13.2. The van der Waals surface area contributed by atoms with E-state index in [1.165, 1.54) is 25.1 Å². The van der Waals surface area contributed by atoms with E-state index in [9.17, 15) is 14.0 Å². The molecule has 0 spiro atoms. The van der Waals surface area contributed by atoms with Gasteiger partial charge >= 0.3 is 5.97 Å². The van der Waals surface area contributed by atoms with Crippen LogP contribution in [-0.4, -0.2) is 35.2 Å². The molecule has 1 aromatic carbocycles. The largest absolute Gasteiger partial charge is 0.480 e. The molecule has 0 aliphatic carbocycles. The summed E-state index contributed by atoms with van der Waals surface area (Å²) in [6.45, 7) is 7.34. The Hall–Kier alpha value is -1.95. The van der Waals surface area contributed by atoms with Crippen molar-refractivity contribution in [2.75, 3.05) is 6.61 Å². The van der Waals surface area contributed by atoms with Gasteiger partial charge in [-0.25, -0.2) is 9.18 Å². The van der Waals surface area contributed by atoms with Crippen molar-refractivity contribution in [3.05, 3.63) is 35.1 Å². The Bertz CT molecular complexity index is 552. The normalized spacial score (nSPS) is 12.8. The number of ether oxygens (including phenoxy) is 1. The number of rotatable bonds is 6. The second-order valence-corrected chi connectivity index (χ2v) is 6.08. The zero-order chi connectivity index (χ0) is 16.9. The van der Waals surface area contributed by atoms with Gasteiger partial charge in [0.2, 0.25) is 0 Å². The molecule has 1 unspecified atom stereocenters. The SMILES string of the molecule is Cc1cc(C(=O)NC(CCOC(C)(C)C)C(=O)O)ccc1F. The van der Waals surface area contributed by atoms with Crippen molar-refractivity contribution in [1.29, 1.82) is 0 Å². The number of carbonyl (C=O) groups excluding carboxylic acids is 1. The van der Waals surface area contributed by atoms with E-state index in [-0.39, 0.29) is 24.2 Å². The predicted molar refractivity (Wildman–Crippen MR) is 80.3 cm³/mol. The minimum atomic E-state index is -1.13. The lowest BCUT2D eigenvalue weighted by atomic mass is 10.1. The van der Waals surface area contributed by atoms with Gasteiger partial charge in [0.1, 0.15) is 11.9 Å². The third-order valence-corrected chi connectivity index (χ3v) is 2.97. The van der Waals surface area contributed by atoms with E-state index in [0.29, 0.717) is 5.56 Å². The minimum Gasteiger partial charge on any atom is -0.480 e. The highest BCUT2D eigenvalue weighted by atomic mass is 19.1. The molecule has 0 saturated heterocycles. The monoisotopic (exact) mass is 311 g/mol. The quantitative estimate of drug-likeness (QED) is 0.846. The lowest BCUT2D eigenvalue weighted by molar-refractivity contribution is -0.140. The molecular formula is C16H22FNO4. The van der Waals surface area contributed by atoms with Gasteiger partial charge in [0, 0.05) is 18.6 Å². The fraction of sp³-hybridized carbons (Fsp3) is 0.500. The van der Waals surface area contributed by atoms with Crippen molar-refractivity contribution in [1.82, 2.24) is 5.32 Å². The minimum absolute atomic E-state index is 0.151. The molecule has 0 aliphatic heterocycles. The molecule has 0 heterocycles. The van der Waals surface area contributed by atoms with Gasteiger partial charge in [-0.05, 0) is 51.5 Å². The summed E-state index contributed by atoms with van der Waals surface area (Å²) in [5.74, 6) is -2.10. The van der Waals surface area contributed by atoms with Gasteiger partial charge in [-0.2, -0.15) is 0 Å². The standard InChI is InChI=1S/C16H22FNO4/c1-10-9-11(5-6-12(10)17)14(19)18-13(15(20)21)7-8-22-16(2,3)4/h5-6,9,13H,7-8H2,1-4H3,(H,18,19)(H,20,21). The van der Waals surface area contributed by atoms with Crippen LogP contribution < -0.4 is 5.32 Å². The molecule has 0 radical (unpaired) electrons. The average molecular weight is 311 g/mol. The first-order chi connectivity index (χ1) is 10.1. The van der Waals surface area contributed by atoms with Gasteiger partial charge in [-0.1, -0.05) is 0 Å². The Labute approximate surface area is 129 Å². The van der Waals surface area contributed by atoms with Gasteiger partial charge in [0.25, 0.3) is 5.91 Å². The van der Waals surface area contributed by atoms with E-state index < -0.39 is 23.7 Å². The second-order valence-electron chi connectivity index (χ2n) is 6.08. The number of carbonyl (C=O) groups is 2. The molecule has 122 valence electrons. The number of amides is 1. The molecule has 22 heavy (non-hydrogen) atoms. The van der Waals surface area contributed by atoms with Crippen molar-refractivity contribution in [3.63, 3.8) is 0 Å². The van der Waals surface area contributed by atoms with Gasteiger partial charge < -0.3 is 15.2 Å². The van der Waals surface area contributed by atoms with Crippen molar-refractivity contribution in [2.24, 2.45) is 0 Å². The van der Waals surface area contributed by atoms with E-state index in [1.54, 1.807) is 0 Å². The average Bonchev–Trinajstić information content (AvgIpc) is 2.39. The zero-order valence-electron chi connectivity index (χ0n) is 13.3. The lowest BCUT2D eigenvalue weighted by Gasteiger charge is -2.21. The summed E-state index contributed by atoms with van der Waals surface area (Å²) in [4.78, 5) is 23.3. The molecule has 2 N–H and O–H groups in total. The topological polar surface area (TPSA) is 75.6 Å². The highest BCUT2D eigenvalue weighted by molar-refractivity contribution is 5.96. The van der Waals surface area contributed by atoms with E-state index >= 15 is 0 Å². The van der Waals surface area contributed by atoms with Gasteiger partial charge in [-0.3, -0.25) is 4.79 Å². The smallest absolute Gasteiger partial charge is 0.326 e. The number of carboxylic acid groups (broad SMARTS) is 1. The van der Waals surface area contributed by atoms with E-state index in [2.05, 4.69) is 5.32 Å². The van der Waals surface area contributed by atoms with Crippen LogP contribution in [0.25, 0.3) is 0 Å². The number of halogens is 1. The lowest BCUT2D eigenvalue weighted by Crippen LogP contribution is -2.42.